The zero-order valence-electron chi connectivity index (χ0n) is 11.9. The van der Waals surface area contributed by atoms with Gasteiger partial charge in [0.25, 0.3) is 5.91 Å². The van der Waals surface area contributed by atoms with Gasteiger partial charge in [0.2, 0.25) is 5.91 Å². The van der Waals surface area contributed by atoms with E-state index in [0.717, 1.165) is 0 Å². The lowest BCUT2D eigenvalue weighted by molar-refractivity contribution is -0.123. The molecule has 5 heteroatoms. The molecule has 0 bridgehead atoms. The molecule has 0 fully saturated rings. The largest absolute Gasteiger partial charge is 0.345 e. The summed E-state index contributed by atoms with van der Waals surface area (Å²) in [7, 11) is 3.34. The number of anilines is 1. The van der Waals surface area contributed by atoms with Gasteiger partial charge in [-0.1, -0.05) is 12.1 Å². The van der Waals surface area contributed by atoms with E-state index in [1.54, 1.807) is 52.2 Å². The van der Waals surface area contributed by atoms with Gasteiger partial charge in [-0.15, -0.1) is 0 Å². The van der Waals surface area contributed by atoms with Crippen LogP contribution in [-0.4, -0.2) is 37.4 Å². The van der Waals surface area contributed by atoms with Gasteiger partial charge in [0.1, 0.15) is 0 Å². The number of nitrogens with zero attached hydrogens (tertiary/aromatic N) is 1. The van der Waals surface area contributed by atoms with Crippen molar-refractivity contribution in [1.29, 1.82) is 0 Å². The SMILES string of the molecule is CN(C)C(=O)c1ccccc1NC(=O)C(C)(C)CN. The van der Waals surface area contributed by atoms with E-state index < -0.39 is 5.41 Å². The molecule has 0 spiro atoms. The molecule has 1 aromatic carbocycles. The van der Waals surface area contributed by atoms with E-state index in [9.17, 15) is 9.59 Å². The first-order chi connectivity index (χ1) is 8.79. The van der Waals surface area contributed by atoms with Crippen molar-refractivity contribution in [2.24, 2.45) is 11.1 Å². The average Bonchev–Trinajstić information content (AvgIpc) is 2.38. The molecular weight excluding hydrogens is 242 g/mol. The smallest absolute Gasteiger partial charge is 0.255 e. The van der Waals surface area contributed by atoms with E-state index in [1.165, 1.54) is 4.90 Å². The molecule has 0 radical (unpaired) electrons. The van der Waals surface area contributed by atoms with Crippen molar-refractivity contribution >= 4 is 17.5 Å². The van der Waals surface area contributed by atoms with Gasteiger partial charge >= 0.3 is 0 Å². The summed E-state index contributed by atoms with van der Waals surface area (Å²) in [6.45, 7) is 3.76. The number of para-hydroxylation sites is 1. The molecule has 3 N–H and O–H groups in total. The Bertz CT molecular complexity index is 481. The minimum atomic E-state index is -0.672. The number of rotatable bonds is 4. The maximum atomic E-state index is 12.1. The van der Waals surface area contributed by atoms with Crippen molar-refractivity contribution < 1.29 is 9.59 Å². The molecule has 0 saturated heterocycles. The van der Waals surface area contributed by atoms with Gasteiger partial charge in [-0.05, 0) is 26.0 Å². The van der Waals surface area contributed by atoms with Gasteiger partial charge in [0, 0.05) is 20.6 Å². The molecule has 1 rings (SSSR count). The number of hydrogen-bond acceptors (Lipinski definition) is 3. The molecule has 0 unspecified atom stereocenters. The molecule has 0 atom stereocenters. The molecular formula is C14H21N3O2. The van der Waals surface area contributed by atoms with E-state index in [0.29, 0.717) is 11.3 Å². The van der Waals surface area contributed by atoms with Crippen LogP contribution in [0.1, 0.15) is 24.2 Å². The lowest BCUT2D eigenvalue weighted by Gasteiger charge is -2.22. The highest BCUT2D eigenvalue weighted by Gasteiger charge is 2.27. The first-order valence-electron chi connectivity index (χ1n) is 6.12. The zero-order valence-corrected chi connectivity index (χ0v) is 11.9. The molecule has 0 saturated carbocycles. The third-order valence-corrected chi connectivity index (χ3v) is 2.94. The van der Waals surface area contributed by atoms with Crippen molar-refractivity contribution in [3.63, 3.8) is 0 Å². The standard InChI is InChI=1S/C14H21N3O2/c1-14(2,9-15)13(19)16-11-8-6-5-7-10(11)12(18)17(3)4/h5-8H,9,15H2,1-4H3,(H,16,19). The Hall–Kier alpha value is -1.88. The van der Waals surface area contributed by atoms with Crippen LogP contribution in [0.5, 0.6) is 0 Å². The van der Waals surface area contributed by atoms with Gasteiger partial charge in [-0.25, -0.2) is 0 Å². The van der Waals surface area contributed by atoms with Crippen molar-refractivity contribution in [3.05, 3.63) is 29.8 Å². The number of nitrogens with one attached hydrogen (secondary N) is 1. The Balaban J connectivity index is 3.03. The van der Waals surface area contributed by atoms with Crippen LogP contribution < -0.4 is 11.1 Å². The fraction of sp³-hybridized carbons (Fsp3) is 0.429. The molecule has 19 heavy (non-hydrogen) atoms. The first-order valence-corrected chi connectivity index (χ1v) is 6.12. The van der Waals surface area contributed by atoms with Crippen LogP contribution in [0.4, 0.5) is 5.69 Å². The number of nitrogens with two attached hydrogens (primary N) is 1. The van der Waals surface area contributed by atoms with Gasteiger partial charge in [-0.3, -0.25) is 9.59 Å². The van der Waals surface area contributed by atoms with Crippen molar-refractivity contribution in [2.45, 2.75) is 13.8 Å². The monoisotopic (exact) mass is 263 g/mol. The lowest BCUT2D eigenvalue weighted by Crippen LogP contribution is -2.37. The van der Waals surface area contributed by atoms with Gasteiger partial charge in [0.05, 0.1) is 16.7 Å². The molecule has 0 aliphatic heterocycles. The highest BCUT2D eigenvalue weighted by atomic mass is 16.2. The summed E-state index contributed by atoms with van der Waals surface area (Å²) < 4.78 is 0. The van der Waals surface area contributed by atoms with Gasteiger partial charge < -0.3 is 16.0 Å². The molecule has 1 aromatic rings. The third kappa shape index (κ3) is 3.54. The van der Waals surface area contributed by atoms with Crippen molar-refractivity contribution in [3.8, 4) is 0 Å². The number of carbonyl (C=O) groups excluding carboxylic acids is 2. The normalized spacial score (nSPS) is 11.0. The summed E-state index contributed by atoms with van der Waals surface area (Å²) >= 11 is 0. The van der Waals surface area contributed by atoms with Crippen LogP contribution in [0.2, 0.25) is 0 Å². The van der Waals surface area contributed by atoms with Crippen molar-refractivity contribution in [2.75, 3.05) is 26.0 Å². The summed E-state index contributed by atoms with van der Waals surface area (Å²) in [5.74, 6) is -0.351. The van der Waals surface area contributed by atoms with E-state index in [2.05, 4.69) is 5.32 Å². The highest BCUT2D eigenvalue weighted by molar-refractivity contribution is 6.04. The molecule has 5 nitrogen and oxygen atoms in total. The molecule has 104 valence electrons. The number of benzene rings is 1. The van der Waals surface area contributed by atoms with Crippen LogP contribution >= 0.6 is 0 Å². The van der Waals surface area contributed by atoms with Crippen molar-refractivity contribution in [1.82, 2.24) is 4.90 Å². The number of amides is 2. The second-order valence-electron chi connectivity index (χ2n) is 5.29. The Labute approximate surface area is 113 Å². The zero-order chi connectivity index (χ0) is 14.6. The highest BCUT2D eigenvalue weighted by Crippen LogP contribution is 2.21. The average molecular weight is 263 g/mol. The van der Waals surface area contributed by atoms with Crippen LogP contribution in [0.15, 0.2) is 24.3 Å². The first kappa shape index (κ1) is 15.2. The topological polar surface area (TPSA) is 75.4 Å². The van der Waals surface area contributed by atoms with Crippen LogP contribution in [0, 0.1) is 5.41 Å². The predicted octanol–water partition coefficient (Wildman–Crippen LogP) is 1.31. The quantitative estimate of drug-likeness (QED) is 0.860. The summed E-state index contributed by atoms with van der Waals surface area (Å²) in [5, 5.41) is 2.77. The number of hydrogen-bond donors (Lipinski definition) is 2. The maximum absolute atomic E-state index is 12.1. The summed E-state index contributed by atoms with van der Waals surface area (Å²) in [5.41, 5.74) is 5.87. The van der Waals surface area contributed by atoms with Crippen LogP contribution in [-0.2, 0) is 4.79 Å². The molecule has 0 aliphatic carbocycles. The Morgan fingerprint density at radius 1 is 1.26 bits per heavy atom. The molecule has 0 aliphatic rings. The van der Waals surface area contributed by atoms with Gasteiger partial charge in [-0.2, -0.15) is 0 Å². The van der Waals surface area contributed by atoms with Crippen LogP contribution in [0.25, 0.3) is 0 Å². The third-order valence-electron chi connectivity index (χ3n) is 2.94. The molecule has 0 aromatic heterocycles. The van der Waals surface area contributed by atoms with E-state index in [4.69, 9.17) is 5.73 Å². The lowest BCUT2D eigenvalue weighted by atomic mass is 9.92. The van der Waals surface area contributed by atoms with E-state index in [-0.39, 0.29) is 18.4 Å². The number of carbonyl (C=O) groups is 2. The Morgan fingerprint density at radius 3 is 2.37 bits per heavy atom. The Kier molecular flexibility index (Phi) is 4.67. The van der Waals surface area contributed by atoms with Crippen LogP contribution in [0.3, 0.4) is 0 Å². The predicted molar refractivity (Wildman–Crippen MR) is 75.9 cm³/mol. The van der Waals surface area contributed by atoms with E-state index in [1.807, 2.05) is 0 Å². The summed E-state index contributed by atoms with van der Waals surface area (Å²) in [6, 6.07) is 6.94. The van der Waals surface area contributed by atoms with Gasteiger partial charge in [0.15, 0.2) is 0 Å². The summed E-state index contributed by atoms with van der Waals surface area (Å²) in [6.07, 6.45) is 0. The fourth-order valence-electron chi connectivity index (χ4n) is 1.40. The van der Waals surface area contributed by atoms with E-state index >= 15 is 0 Å². The second kappa shape index (κ2) is 5.84. The summed E-state index contributed by atoms with van der Waals surface area (Å²) in [4.78, 5) is 25.6. The molecule has 0 heterocycles. The fourth-order valence-corrected chi connectivity index (χ4v) is 1.40. The minimum Gasteiger partial charge on any atom is -0.345 e. The Morgan fingerprint density at radius 2 is 1.84 bits per heavy atom. The maximum Gasteiger partial charge on any atom is 0.255 e. The molecule has 2 amide bonds. The second-order valence-corrected chi connectivity index (χ2v) is 5.29. The minimum absolute atomic E-state index is 0.151.